The van der Waals surface area contributed by atoms with Crippen molar-refractivity contribution in [3.63, 3.8) is 0 Å². The molecular formula is C16H9F3N4OS. The van der Waals surface area contributed by atoms with Gasteiger partial charge in [0.25, 0.3) is 5.91 Å². The standard InChI is InChI=1S/C16H9F3N4OS/c17-16(18,19)9-5-10(8-3-1-7(6-20)2-4-8)23-15-11(9)12(21)13(25-15)14(22)24/h1-5H,21H2,(H2,22,24). The number of hydrogen-bond donors (Lipinski definition) is 2. The van der Waals surface area contributed by atoms with Crippen molar-refractivity contribution >= 4 is 33.1 Å². The second-order valence-corrected chi connectivity index (χ2v) is 6.13. The van der Waals surface area contributed by atoms with Crippen LogP contribution in [0.3, 0.4) is 0 Å². The molecule has 2 aromatic heterocycles. The van der Waals surface area contributed by atoms with Crippen molar-refractivity contribution in [2.75, 3.05) is 5.73 Å². The van der Waals surface area contributed by atoms with Gasteiger partial charge in [0.2, 0.25) is 0 Å². The van der Waals surface area contributed by atoms with Gasteiger partial charge >= 0.3 is 6.18 Å². The number of carbonyl (C=O) groups excluding carboxylic acids is 1. The molecule has 0 radical (unpaired) electrons. The summed E-state index contributed by atoms with van der Waals surface area (Å²) in [6.45, 7) is 0. The number of halogens is 3. The Hall–Kier alpha value is -3.12. The predicted molar refractivity (Wildman–Crippen MR) is 87.7 cm³/mol. The van der Waals surface area contributed by atoms with Crippen LogP contribution >= 0.6 is 11.3 Å². The molecule has 9 heteroatoms. The van der Waals surface area contributed by atoms with Crippen LogP contribution in [0.15, 0.2) is 30.3 Å². The number of primary amides is 1. The molecule has 1 amide bonds. The highest BCUT2D eigenvalue weighted by molar-refractivity contribution is 7.21. The van der Waals surface area contributed by atoms with Crippen LogP contribution in [-0.2, 0) is 6.18 Å². The van der Waals surface area contributed by atoms with Crippen LogP contribution in [-0.4, -0.2) is 10.9 Å². The van der Waals surface area contributed by atoms with E-state index >= 15 is 0 Å². The van der Waals surface area contributed by atoms with Crippen LogP contribution in [0.1, 0.15) is 20.8 Å². The molecule has 0 aliphatic heterocycles. The van der Waals surface area contributed by atoms with E-state index in [1.165, 1.54) is 24.3 Å². The van der Waals surface area contributed by atoms with Gasteiger partial charge in [0, 0.05) is 10.9 Å². The monoisotopic (exact) mass is 362 g/mol. The summed E-state index contributed by atoms with van der Waals surface area (Å²) in [4.78, 5) is 15.4. The number of nitrogens with two attached hydrogens (primary N) is 2. The number of fused-ring (bicyclic) bond motifs is 1. The van der Waals surface area contributed by atoms with Gasteiger partial charge < -0.3 is 11.5 Å². The van der Waals surface area contributed by atoms with Crippen LogP contribution in [0.4, 0.5) is 18.9 Å². The number of alkyl halides is 3. The molecule has 0 aliphatic rings. The lowest BCUT2D eigenvalue weighted by Gasteiger charge is -2.11. The maximum atomic E-state index is 13.5. The Bertz CT molecular complexity index is 1030. The fourth-order valence-corrected chi connectivity index (χ4v) is 3.36. The van der Waals surface area contributed by atoms with Gasteiger partial charge in [0.05, 0.1) is 28.6 Å². The molecule has 2 heterocycles. The lowest BCUT2D eigenvalue weighted by molar-refractivity contribution is -0.136. The highest BCUT2D eigenvalue weighted by Gasteiger charge is 2.36. The summed E-state index contributed by atoms with van der Waals surface area (Å²) in [5.74, 6) is -0.909. The van der Waals surface area contributed by atoms with Crippen molar-refractivity contribution in [1.82, 2.24) is 4.98 Å². The van der Waals surface area contributed by atoms with E-state index < -0.39 is 17.6 Å². The SMILES string of the molecule is N#Cc1ccc(-c2cc(C(F)(F)F)c3c(N)c(C(N)=O)sc3n2)cc1. The van der Waals surface area contributed by atoms with Crippen LogP contribution in [0.2, 0.25) is 0 Å². The van der Waals surface area contributed by atoms with Crippen molar-refractivity contribution in [1.29, 1.82) is 5.26 Å². The van der Waals surface area contributed by atoms with Gasteiger partial charge in [0.15, 0.2) is 0 Å². The Morgan fingerprint density at radius 1 is 1.24 bits per heavy atom. The molecular weight excluding hydrogens is 353 g/mol. The Balaban J connectivity index is 2.32. The summed E-state index contributed by atoms with van der Waals surface area (Å²) in [6.07, 6.45) is -4.69. The van der Waals surface area contributed by atoms with Crippen molar-refractivity contribution in [2.24, 2.45) is 5.73 Å². The molecule has 4 N–H and O–H groups in total. The first-order valence-electron chi connectivity index (χ1n) is 6.83. The van der Waals surface area contributed by atoms with Crippen molar-refractivity contribution in [3.05, 3.63) is 46.3 Å². The number of nitrogen functional groups attached to an aromatic ring is 1. The number of nitriles is 1. The first kappa shape index (κ1) is 16.7. The van der Waals surface area contributed by atoms with Crippen LogP contribution in [0.5, 0.6) is 0 Å². The Kier molecular flexibility index (Phi) is 3.85. The van der Waals surface area contributed by atoms with Gasteiger partial charge in [-0.15, -0.1) is 11.3 Å². The lowest BCUT2D eigenvalue weighted by Crippen LogP contribution is -2.11. The highest BCUT2D eigenvalue weighted by atomic mass is 32.1. The number of thiophene rings is 1. The molecule has 0 saturated carbocycles. The number of aromatic nitrogens is 1. The van der Waals surface area contributed by atoms with Crippen molar-refractivity contribution in [2.45, 2.75) is 6.18 Å². The van der Waals surface area contributed by atoms with E-state index in [2.05, 4.69) is 4.98 Å². The topological polar surface area (TPSA) is 106 Å². The normalized spacial score (nSPS) is 11.4. The minimum atomic E-state index is -4.69. The third-order valence-electron chi connectivity index (χ3n) is 3.54. The van der Waals surface area contributed by atoms with E-state index in [1.807, 2.05) is 6.07 Å². The van der Waals surface area contributed by atoms with Gasteiger partial charge in [-0.05, 0) is 18.2 Å². The fourth-order valence-electron chi connectivity index (χ4n) is 2.39. The number of pyridine rings is 1. The number of rotatable bonds is 2. The summed E-state index contributed by atoms with van der Waals surface area (Å²) < 4.78 is 40.5. The largest absolute Gasteiger partial charge is 0.417 e. The van der Waals surface area contributed by atoms with E-state index in [0.717, 1.165) is 6.07 Å². The molecule has 5 nitrogen and oxygen atoms in total. The summed E-state index contributed by atoms with van der Waals surface area (Å²) in [6, 6.07) is 8.75. The summed E-state index contributed by atoms with van der Waals surface area (Å²) in [7, 11) is 0. The van der Waals surface area contributed by atoms with E-state index in [0.29, 0.717) is 22.5 Å². The van der Waals surface area contributed by atoms with E-state index in [4.69, 9.17) is 16.7 Å². The molecule has 0 fully saturated rings. The molecule has 0 aliphatic carbocycles. The number of carbonyl (C=O) groups is 1. The summed E-state index contributed by atoms with van der Waals surface area (Å²) >= 11 is 0.716. The lowest BCUT2D eigenvalue weighted by atomic mass is 10.0. The molecule has 0 bridgehead atoms. The molecule has 25 heavy (non-hydrogen) atoms. The Labute approximate surface area is 143 Å². The molecule has 0 atom stereocenters. The average molecular weight is 362 g/mol. The molecule has 1 aromatic carbocycles. The maximum Gasteiger partial charge on any atom is 0.417 e. The molecule has 3 aromatic rings. The van der Waals surface area contributed by atoms with E-state index in [1.54, 1.807) is 0 Å². The molecule has 126 valence electrons. The zero-order valence-electron chi connectivity index (χ0n) is 12.4. The van der Waals surface area contributed by atoms with Gasteiger partial charge in [-0.3, -0.25) is 4.79 Å². The van der Waals surface area contributed by atoms with E-state index in [9.17, 15) is 18.0 Å². The van der Waals surface area contributed by atoms with Crippen molar-refractivity contribution < 1.29 is 18.0 Å². The number of amides is 1. The smallest absolute Gasteiger partial charge is 0.397 e. The third kappa shape index (κ3) is 2.88. The minimum Gasteiger partial charge on any atom is -0.397 e. The molecule has 3 rings (SSSR count). The van der Waals surface area contributed by atoms with Gasteiger partial charge in [-0.2, -0.15) is 18.4 Å². The molecule has 0 unspecified atom stereocenters. The second-order valence-electron chi connectivity index (χ2n) is 5.13. The fraction of sp³-hybridized carbons (Fsp3) is 0.0625. The van der Waals surface area contributed by atoms with Crippen molar-refractivity contribution in [3.8, 4) is 17.3 Å². The van der Waals surface area contributed by atoms with Gasteiger partial charge in [-0.25, -0.2) is 4.98 Å². The predicted octanol–water partition coefficient (Wildman–Crippen LogP) is 3.53. The average Bonchev–Trinajstić information content (AvgIpc) is 2.90. The zero-order chi connectivity index (χ0) is 18.4. The molecule has 0 saturated heterocycles. The number of benzene rings is 1. The third-order valence-corrected chi connectivity index (χ3v) is 4.65. The van der Waals surface area contributed by atoms with Gasteiger partial charge in [0.1, 0.15) is 9.71 Å². The number of anilines is 1. The quantitative estimate of drug-likeness (QED) is 0.727. The van der Waals surface area contributed by atoms with Crippen LogP contribution < -0.4 is 11.5 Å². The number of nitrogens with zero attached hydrogens (tertiary/aromatic N) is 2. The Morgan fingerprint density at radius 2 is 1.88 bits per heavy atom. The second kappa shape index (κ2) is 5.75. The zero-order valence-corrected chi connectivity index (χ0v) is 13.2. The summed E-state index contributed by atoms with van der Waals surface area (Å²) in [5.41, 5.74) is 10.4. The number of hydrogen-bond acceptors (Lipinski definition) is 5. The minimum absolute atomic E-state index is 0.0273. The first-order chi connectivity index (χ1) is 11.7. The maximum absolute atomic E-state index is 13.5. The summed E-state index contributed by atoms with van der Waals surface area (Å²) in [5, 5.41) is 8.48. The molecule has 0 spiro atoms. The van der Waals surface area contributed by atoms with Crippen LogP contribution in [0.25, 0.3) is 21.5 Å². The van der Waals surface area contributed by atoms with Crippen LogP contribution in [0, 0.1) is 11.3 Å². The highest BCUT2D eigenvalue weighted by Crippen LogP contribution is 2.43. The van der Waals surface area contributed by atoms with E-state index in [-0.39, 0.29) is 26.5 Å². The van der Waals surface area contributed by atoms with Gasteiger partial charge in [-0.1, -0.05) is 12.1 Å². The Morgan fingerprint density at radius 3 is 2.40 bits per heavy atom. The first-order valence-corrected chi connectivity index (χ1v) is 7.64.